The van der Waals surface area contributed by atoms with Crippen molar-refractivity contribution >= 4 is 10.1 Å². The van der Waals surface area contributed by atoms with Crippen molar-refractivity contribution < 1.29 is 22.4 Å². The number of aromatic hydroxyl groups is 1. The highest BCUT2D eigenvalue weighted by Gasteiger charge is 2.34. The zero-order valence-corrected chi connectivity index (χ0v) is 19.7. The molecule has 1 aliphatic heterocycles. The fraction of sp³-hybridized carbons (Fsp3) is 0.308. The van der Waals surface area contributed by atoms with Gasteiger partial charge in [-0.3, -0.25) is 4.90 Å². The summed E-state index contributed by atoms with van der Waals surface area (Å²) >= 11 is 0. The van der Waals surface area contributed by atoms with Gasteiger partial charge in [0.2, 0.25) is 6.29 Å². The van der Waals surface area contributed by atoms with E-state index in [9.17, 15) is 13.5 Å². The fourth-order valence-electron chi connectivity index (χ4n) is 4.92. The van der Waals surface area contributed by atoms with Crippen LogP contribution in [0.15, 0.2) is 59.5 Å². The molecule has 2 aliphatic rings. The Labute approximate surface area is 194 Å². The second-order valence-electron chi connectivity index (χ2n) is 8.85. The Morgan fingerprint density at radius 3 is 2.61 bits per heavy atom. The molecule has 0 fully saturated rings. The summed E-state index contributed by atoms with van der Waals surface area (Å²) in [5, 5.41) is 10.6. The van der Waals surface area contributed by atoms with Gasteiger partial charge in [-0.05, 0) is 86.3 Å². The van der Waals surface area contributed by atoms with Crippen molar-refractivity contribution in [3.8, 4) is 22.6 Å². The SMILES string of the molecule is Cc1ccc(S(=O)(=O)OC(C)Oc2cc3c4c(c2)-c2c(O)cccc2CC4N(C)CC3)cc1. The fourth-order valence-corrected chi connectivity index (χ4v) is 5.89. The Morgan fingerprint density at radius 2 is 1.85 bits per heavy atom. The van der Waals surface area contributed by atoms with Gasteiger partial charge in [-0.25, -0.2) is 4.18 Å². The van der Waals surface area contributed by atoms with Crippen molar-refractivity contribution in [3.63, 3.8) is 0 Å². The Morgan fingerprint density at radius 1 is 1.09 bits per heavy atom. The van der Waals surface area contributed by atoms with E-state index in [0.717, 1.165) is 47.2 Å². The van der Waals surface area contributed by atoms with Crippen LogP contribution < -0.4 is 4.74 Å². The van der Waals surface area contributed by atoms with E-state index in [4.69, 9.17) is 8.92 Å². The molecule has 0 radical (unpaired) electrons. The first-order chi connectivity index (χ1) is 15.7. The number of ether oxygens (including phenoxy) is 1. The van der Waals surface area contributed by atoms with E-state index >= 15 is 0 Å². The molecule has 0 saturated heterocycles. The number of aryl methyl sites for hydroxylation is 1. The number of hydrogen-bond acceptors (Lipinski definition) is 6. The van der Waals surface area contributed by atoms with E-state index in [1.807, 2.05) is 31.2 Å². The lowest BCUT2D eigenvalue weighted by Gasteiger charge is -2.40. The Hall–Kier alpha value is -2.87. The van der Waals surface area contributed by atoms with Gasteiger partial charge in [0.1, 0.15) is 11.5 Å². The summed E-state index contributed by atoms with van der Waals surface area (Å²) in [4.78, 5) is 2.44. The van der Waals surface area contributed by atoms with Crippen molar-refractivity contribution in [2.75, 3.05) is 13.6 Å². The minimum Gasteiger partial charge on any atom is -0.507 e. The van der Waals surface area contributed by atoms with Crippen LogP contribution in [-0.4, -0.2) is 38.3 Å². The molecule has 6 nitrogen and oxygen atoms in total. The summed E-state index contributed by atoms with van der Waals surface area (Å²) in [6.07, 6.45) is 0.678. The molecular formula is C26H27NO5S. The van der Waals surface area contributed by atoms with Gasteiger partial charge in [0.15, 0.2) is 0 Å². The molecule has 2 unspecified atom stereocenters. The molecule has 5 rings (SSSR count). The van der Waals surface area contributed by atoms with Gasteiger partial charge in [-0.15, -0.1) is 0 Å². The van der Waals surface area contributed by atoms with E-state index in [1.54, 1.807) is 25.1 Å². The van der Waals surface area contributed by atoms with Crippen LogP contribution in [0.2, 0.25) is 0 Å². The minimum atomic E-state index is -3.96. The Bertz CT molecular complexity index is 1320. The Balaban J connectivity index is 1.48. The van der Waals surface area contributed by atoms with Crippen LogP contribution in [0.4, 0.5) is 0 Å². The summed E-state index contributed by atoms with van der Waals surface area (Å²) < 4.78 is 36.6. The molecule has 3 aromatic rings. The average Bonchev–Trinajstić information content (AvgIpc) is 2.76. The van der Waals surface area contributed by atoms with Gasteiger partial charge in [0, 0.05) is 18.2 Å². The predicted molar refractivity (Wildman–Crippen MR) is 126 cm³/mol. The average molecular weight is 466 g/mol. The van der Waals surface area contributed by atoms with E-state index in [2.05, 4.69) is 11.9 Å². The number of likely N-dealkylation sites (N-methyl/N-ethyl adjacent to an activating group) is 1. The molecule has 0 spiro atoms. The number of benzene rings is 3. The van der Waals surface area contributed by atoms with Crippen molar-refractivity contribution in [3.05, 3.63) is 76.9 Å². The summed E-state index contributed by atoms with van der Waals surface area (Å²) in [6, 6.07) is 16.2. The minimum absolute atomic E-state index is 0.0915. The van der Waals surface area contributed by atoms with Crippen LogP contribution in [0, 0.1) is 6.92 Å². The molecule has 0 aromatic heterocycles. The van der Waals surface area contributed by atoms with Crippen molar-refractivity contribution in [2.24, 2.45) is 0 Å². The molecule has 172 valence electrons. The molecule has 2 atom stereocenters. The topological polar surface area (TPSA) is 76.1 Å². The molecule has 0 saturated carbocycles. The molecule has 33 heavy (non-hydrogen) atoms. The zero-order valence-electron chi connectivity index (χ0n) is 18.9. The summed E-state index contributed by atoms with van der Waals surface area (Å²) in [6.45, 7) is 4.38. The first kappa shape index (κ1) is 21.9. The van der Waals surface area contributed by atoms with E-state index in [1.165, 1.54) is 17.7 Å². The number of phenols is 1. The molecule has 1 heterocycles. The normalized spacial score (nSPS) is 18.3. The first-order valence-corrected chi connectivity index (χ1v) is 12.5. The quantitative estimate of drug-likeness (QED) is 0.439. The smallest absolute Gasteiger partial charge is 0.300 e. The second-order valence-corrected chi connectivity index (χ2v) is 10.4. The van der Waals surface area contributed by atoms with E-state index in [0.29, 0.717) is 5.75 Å². The first-order valence-electron chi connectivity index (χ1n) is 11.1. The molecule has 1 N–H and O–H groups in total. The van der Waals surface area contributed by atoms with Crippen LogP contribution in [0.5, 0.6) is 11.5 Å². The van der Waals surface area contributed by atoms with Gasteiger partial charge in [-0.1, -0.05) is 29.8 Å². The van der Waals surface area contributed by atoms with Crippen molar-refractivity contribution in [1.29, 1.82) is 0 Å². The van der Waals surface area contributed by atoms with Crippen LogP contribution in [-0.2, 0) is 27.1 Å². The number of fused-ring (bicyclic) bond motifs is 2. The lowest BCUT2D eigenvalue weighted by atomic mass is 9.77. The zero-order chi connectivity index (χ0) is 23.3. The lowest BCUT2D eigenvalue weighted by molar-refractivity contribution is 0.0281. The van der Waals surface area contributed by atoms with Gasteiger partial charge in [0.05, 0.1) is 4.90 Å². The third-order valence-electron chi connectivity index (χ3n) is 6.52. The van der Waals surface area contributed by atoms with Crippen molar-refractivity contribution in [2.45, 2.75) is 43.9 Å². The van der Waals surface area contributed by atoms with E-state index < -0.39 is 16.4 Å². The van der Waals surface area contributed by atoms with Gasteiger partial charge in [-0.2, -0.15) is 8.42 Å². The summed E-state index contributed by atoms with van der Waals surface area (Å²) in [7, 11) is -1.83. The maximum Gasteiger partial charge on any atom is 0.300 e. The maximum absolute atomic E-state index is 12.7. The van der Waals surface area contributed by atoms with Gasteiger partial charge in [0.25, 0.3) is 10.1 Å². The highest BCUT2D eigenvalue weighted by atomic mass is 32.2. The predicted octanol–water partition coefficient (Wildman–Crippen LogP) is 4.58. The molecule has 7 heteroatoms. The third kappa shape index (κ3) is 4.01. The van der Waals surface area contributed by atoms with E-state index in [-0.39, 0.29) is 16.7 Å². The summed E-state index contributed by atoms with van der Waals surface area (Å²) in [5.41, 5.74) is 6.20. The van der Waals surface area contributed by atoms with Crippen LogP contribution in [0.3, 0.4) is 0 Å². The van der Waals surface area contributed by atoms with Crippen LogP contribution >= 0.6 is 0 Å². The number of hydrogen-bond donors (Lipinski definition) is 1. The monoisotopic (exact) mass is 465 g/mol. The highest BCUT2D eigenvalue weighted by molar-refractivity contribution is 7.86. The highest BCUT2D eigenvalue weighted by Crippen LogP contribution is 2.49. The number of rotatable bonds is 5. The molecule has 0 amide bonds. The largest absolute Gasteiger partial charge is 0.507 e. The van der Waals surface area contributed by atoms with Crippen molar-refractivity contribution in [1.82, 2.24) is 4.90 Å². The third-order valence-corrected chi connectivity index (χ3v) is 7.90. The van der Waals surface area contributed by atoms with Gasteiger partial charge < -0.3 is 9.84 Å². The second kappa shape index (κ2) is 8.17. The standard InChI is InChI=1S/C26H27NO5S/c1-16-7-9-21(10-8-16)33(29,30)32-17(2)31-20-13-19-11-12-27(3)23-14-18-5-4-6-24(28)26(18)22(15-20)25(19)23/h4-10,13,15,17,23,28H,11-12,14H2,1-3H3. The van der Waals surface area contributed by atoms with Crippen LogP contribution in [0.1, 0.15) is 35.2 Å². The lowest BCUT2D eigenvalue weighted by Crippen LogP contribution is -2.35. The Kier molecular flexibility index (Phi) is 5.43. The van der Waals surface area contributed by atoms with Crippen LogP contribution in [0.25, 0.3) is 11.1 Å². The number of nitrogens with zero attached hydrogens (tertiary/aromatic N) is 1. The molecule has 3 aromatic carbocycles. The molecule has 0 bridgehead atoms. The van der Waals surface area contributed by atoms with Gasteiger partial charge >= 0.3 is 0 Å². The number of phenolic OH excluding ortho intramolecular Hbond substituents is 1. The molecule has 1 aliphatic carbocycles. The summed E-state index contributed by atoms with van der Waals surface area (Å²) in [5.74, 6) is 0.763. The molecular weight excluding hydrogens is 438 g/mol. The maximum atomic E-state index is 12.7.